The van der Waals surface area contributed by atoms with Gasteiger partial charge in [0.05, 0.1) is 11.1 Å². The lowest BCUT2D eigenvalue weighted by Gasteiger charge is -2.31. The molecule has 1 amide bonds. The van der Waals surface area contributed by atoms with E-state index in [1.807, 2.05) is 0 Å². The molecule has 2 nitrogen and oxygen atoms in total. The van der Waals surface area contributed by atoms with E-state index in [2.05, 4.69) is 5.32 Å². The highest BCUT2D eigenvalue weighted by Gasteiger charge is 2.32. The third-order valence-corrected chi connectivity index (χ3v) is 3.75. The summed E-state index contributed by atoms with van der Waals surface area (Å²) < 4.78 is 51.2. The topological polar surface area (TPSA) is 29.1 Å². The summed E-state index contributed by atoms with van der Waals surface area (Å²) in [7, 11) is 0. The molecule has 2 rings (SSSR count). The van der Waals surface area contributed by atoms with Crippen molar-refractivity contribution < 1.29 is 22.4 Å². The van der Waals surface area contributed by atoms with E-state index in [0.29, 0.717) is 24.1 Å². The molecule has 110 valence electrons. The molecule has 6 heteroatoms. The van der Waals surface area contributed by atoms with Crippen molar-refractivity contribution in [3.8, 4) is 0 Å². The van der Waals surface area contributed by atoms with Crippen LogP contribution < -0.4 is 5.32 Å². The summed E-state index contributed by atoms with van der Waals surface area (Å²) in [5, 5.41) is 2.57. The number of carbonyl (C=O) groups is 1. The summed E-state index contributed by atoms with van der Waals surface area (Å²) >= 11 is 0. The lowest BCUT2D eigenvalue weighted by molar-refractivity contribution is -0.137. The number of hydrogen-bond acceptors (Lipinski definition) is 1. The molecule has 1 aromatic rings. The molecule has 1 N–H and O–H groups in total. The molecular formula is C14H15F4NO. The predicted octanol–water partition coefficient (Wildman–Crippen LogP) is 3.76. The molecule has 1 aromatic carbocycles. The van der Waals surface area contributed by atoms with E-state index in [-0.39, 0.29) is 6.04 Å². The molecule has 1 aliphatic carbocycles. The summed E-state index contributed by atoms with van der Waals surface area (Å²) in [6, 6.07) is 1.69. The first-order valence-electron chi connectivity index (χ1n) is 6.46. The predicted molar refractivity (Wildman–Crippen MR) is 65.7 cm³/mol. The minimum Gasteiger partial charge on any atom is -0.349 e. The second-order valence-corrected chi connectivity index (χ2v) is 5.15. The molecule has 0 heterocycles. The van der Waals surface area contributed by atoms with Crippen LogP contribution in [0.3, 0.4) is 0 Å². The van der Waals surface area contributed by atoms with E-state index in [0.717, 1.165) is 19.3 Å². The third-order valence-electron chi connectivity index (χ3n) is 3.75. The van der Waals surface area contributed by atoms with E-state index >= 15 is 0 Å². The normalized spacial score (nSPS) is 17.4. The van der Waals surface area contributed by atoms with Crippen molar-refractivity contribution >= 4 is 5.91 Å². The third kappa shape index (κ3) is 3.11. The molecule has 1 atom stereocenters. The minimum absolute atomic E-state index is 0.162. The summed E-state index contributed by atoms with van der Waals surface area (Å²) in [5.41, 5.74) is -1.59. The van der Waals surface area contributed by atoms with Crippen molar-refractivity contribution in [2.75, 3.05) is 0 Å². The number of halogens is 4. The Morgan fingerprint density at radius 2 is 2.00 bits per heavy atom. The van der Waals surface area contributed by atoms with Crippen LogP contribution in [0.15, 0.2) is 18.2 Å². The summed E-state index contributed by atoms with van der Waals surface area (Å²) in [4.78, 5) is 11.9. The Morgan fingerprint density at radius 3 is 2.50 bits per heavy atom. The van der Waals surface area contributed by atoms with Crippen molar-refractivity contribution in [3.63, 3.8) is 0 Å². The van der Waals surface area contributed by atoms with Crippen LogP contribution in [0.25, 0.3) is 0 Å². The first-order valence-corrected chi connectivity index (χ1v) is 6.46. The summed E-state index contributed by atoms with van der Waals surface area (Å²) in [6.45, 7) is 1.78. The van der Waals surface area contributed by atoms with Gasteiger partial charge in [0.15, 0.2) is 0 Å². The van der Waals surface area contributed by atoms with E-state index in [1.165, 1.54) is 0 Å². The quantitative estimate of drug-likeness (QED) is 0.843. The Morgan fingerprint density at radius 1 is 1.35 bits per heavy atom. The molecular weight excluding hydrogens is 274 g/mol. The van der Waals surface area contributed by atoms with Crippen LogP contribution in [-0.2, 0) is 6.18 Å². The number of alkyl halides is 3. The maximum atomic E-state index is 13.5. The van der Waals surface area contributed by atoms with Crippen molar-refractivity contribution in [3.05, 3.63) is 35.1 Å². The van der Waals surface area contributed by atoms with Gasteiger partial charge in [-0.1, -0.05) is 6.42 Å². The van der Waals surface area contributed by atoms with Crippen molar-refractivity contribution in [1.82, 2.24) is 5.32 Å². The molecule has 20 heavy (non-hydrogen) atoms. The average molecular weight is 289 g/mol. The number of amides is 1. The SMILES string of the molecule is CC(NC(=O)c1cc(C(F)(F)F)ccc1F)C1CCC1. The van der Waals surface area contributed by atoms with Crippen LogP contribution in [0.2, 0.25) is 0 Å². The highest BCUT2D eigenvalue weighted by molar-refractivity contribution is 5.94. The van der Waals surface area contributed by atoms with Crippen LogP contribution in [0.4, 0.5) is 17.6 Å². The Labute approximate surface area is 114 Å². The molecule has 0 radical (unpaired) electrons. The van der Waals surface area contributed by atoms with Crippen LogP contribution in [0, 0.1) is 11.7 Å². The number of rotatable bonds is 3. The number of nitrogens with one attached hydrogen (secondary N) is 1. The summed E-state index contributed by atoms with van der Waals surface area (Å²) in [6.07, 6.45) is -1.55. The van der Waals surface area contributed by atoms with Gasteiger partial charge in [-0.25, -0.2) is 4.39 Å². The van der Waals surface area contributed by atoms with Gasteiger partial charge in [0.2, 0.25) is 0 Å². The Bertz CT molecular complexity index is 508. The monoisotopic (exact) mass is 289 g/mol. The second kappa shape index (κ2) is 5.42. The molecule has 0 spiro atoms. The van der Waals surface area contributed by atoms with Crippen LogP contribution >= 0.6 is 0 Å². The smallest absolute Gasteiger partial charge is 0.349 e. The molecule has 1 unspecified atom stereocenters. The van der Waals surface area contributed by atoms with Gasteiger partial charge in [-0.3, -0.25) is 4.79 Å². The van der Waals surface area contributed by atoms with E-state index in [4.69, 9.17) is 0 Å². The number of hydrogen-bond donors (Lipinski definition) is 1. The molecule has 1 aliphatic rings. The van der Waals surface area contributed by atoms with Gasteiger partial charge >= 0.3 is 6.18 Å². The highest BCUT2D eigenvalue weighted by atomic mass is 19.4. The van der Waals surface area contributed by atoms with Crippen molar-refractivity contribution in [2.45, 2.75) is 38.4 Å². The van der Waals surface area contributed by atoms with Gasteiger partial charge in [0.25, 0.3) is 5.91 Å². The fraction of sp³-hybridized carbons (Fsp3) is 0.500. The minimum atomic E-state index is -4.59. The zero-order valence-electron chi connectivity index (χ0n) is 10.9. The fourth-order valence-electron chi connectivity index (χ4n) is 2.22. The van der Waals surface area contributed by atoms with E-state index < -0.39 is 29.0 Å². The van der Waals surface area contributed by atoms with Crippen LogP contribution in [0.1, 0.15) is 42.1 Å². The molecule has 0 aromatic heterocycles. The molecule has 0 aliphatic heterocycles. The zero-order valence-corrected chi connectivity index (χ0v) is 10.9. The highest BCUT2D eigenvalue weighted by Crippen LogP contribution is 2.31. The lowest BCUT2D eigenvalue weighted by Crippen LogP contribution is -2.41. The van der Waals surface area contributed by atoms with E-state index in [1.54, 1.807) is 6.92 Å². The number of benzene rings is 1. The first kappa shape index (κ1) is 14.8. The van der Waals surface area contributed by atoms with Crippen molar-refractivity contribution in [1.29, 1.82) is 0 Å². The van der Waals surface area contributed by atoms with Crippen LogP contribution in [0.5, 0.6) is 0 Å². The Kier molecular flexibility index (Phi) is 4.01. The fourth-order valence-corrected chi connectivity index (χ4v) is 2.22. The Hall–Kier alpha value is -1.59. The average Bonchev–Trinajstić information content (AvgIpc) is 2.24. The summed E-state index contributed by atoms with van der Waals surface area (Å²) in [5.74, 6) is -1.42. The Balaban J connectivity index is 2.16. The maximum absolute atomic E-state index is 13.5. The van der Waals surface area contributed by atoms with E-state index in [9.17, 15) is 22.4 Å². The van der Waals surface area contributed by atoms with Gasteiger partial charge in [0.1, 0.15) is 5.82 Å². The maximum Gasteiger partial charge on any atom is 0.416 e. The zero-order chi connectivity index (χ0) is 14.9. The number of carbonyl (C=O) groups excluding carboxylic acids is 1. The van der Waals surface area contributed by atoms with Crippen molar-refractivity contribution in [2.24, 2.45) is 5.92 Å². The van der Waals surface area contributed by atoms with Gasteiger partial charge in [-0.2, -0.15) is 13.2 Å². The standard InChI is InChI=1S/C14H15F4NO/c1-8(9-3-2-4-9)19-13(20)11-7-10(14(16,17)18)5-6-12(11)15/h5-9H,2-4H2,1H3,(H,19,20). The van der Waals surface area contributed by atoms with Gasteiger partial charge in [-0.05, 0) is 43.9 Å². The second-order valence-electron chi connectivity index (χ2n) is 5.15. The molecule has 1 fully saturated rings. The van der Waals surface area contributed by atoms with Gasteiger partial charge in [-0.15, -0.1) is 0 Å². The van der Waals surface area contributed by atoms with Gasteiger partial charge < -0.3 is 5.32 Å². The molecule has 0 saturated heterocycles. The largest absolute Gasteiger partial charge is 0.416 e. The van der Waals surface area contributed by atoms with Crippen LogP contribution in [-0.4, -0.2) is 11.9 Å². The molecule has 0 bridgehead atoms. The lowest BCUT2D eigenvalue weighted by atomic mass is 9.80. The van der Waals surface area contributed by atoms with Gasteiger partial charge in [0, 0.05) is 6.04 Å². The first-order chi connectivity index (χ1) is 9.29. The molecule has 1 saturated carbocycles.